The molecular weight excluding hydrogens is 122 g/mol. The van der Waals surface area contributed by atoms with Crippen LogP contribution in [0.5, 0.6) is 0 Å². The van der Waals surface area contributed by atoms with Gasteiger partial charge in [0.25, 0.3) is 0 Å². The molecule has 0 bridgehead atoms. The molecule has 1 unspecified atom stereocenters. The molecule has 0 amide bonds. The quantitative estimate of drug-likeness (QED) is 0.531. The molecule has 0 heterocycles. The fraction of sp³-hybridized carbons (Fsp3) is 0.667. The summed E-state index contributed by atoms with van der Waals surface area (Å²) < 4.78 is 0. The summed E-state index contributed by atoms with van der Waals surface area (Å²) in [5, 5.41) is 0. The third-order valence-corrected chi connectivity index (χ3v) is 1.33. The first-order valence-electron chi connectivity index (χ1n) is 3.95. The van der Waals surface area contributed by atoms with Gasteiger partial charge in [0, 0.05) is 12.3 Å². The average molecular weight is 139 g/mol. The highest BCUT2D eigenvalue weighted by molar-refractivity contribution is 5.70. The van der Waals surface area contributed by atoms with Crippen LogP contribution < -0.4 is 0 Å². The van der Waals surface area contributed by atoms with Gasteiger partial charge in [-0.2, -0.15) is 0 Å². The van der Waals surface area contributed by atoms with Crippen LogP contribution in [-0.2, 0) is 0 Å². The predicted octanol–water partition coefficient (Wildman–Crippen LogP) is 2.82. The minimum atomic E-state index is 0.487. The Morgan fingerprint density at radius 3 is 2.70 bits per heavy atom. The first kappa shape index (κ1) is 9.41. The van der Waals surface area contributed by atoms with Gasteiger partial charge < -0.3 is 0 Å². The molecule has 1 atom stereocenters. The Hall–Kier alpha value is -0.590. The van der Waals surface area contributed by atoms with E-state index in [1.54, 1.807) is 0 Å². The summed E-state index contributed by atoms with van der Waals surface area (Å²) in [5.74, 6) is 0. The van der Waals surface area contributed by atoms with Crippen molar-refractivity contribution < 1.29 is 0 Å². The Bertz CT molecular complexity index is 114. The van der Waals surface area contributed by atoms with Crippen LogP contribution in [-0.4, -0.2) is 12.3 Å². The van der Waals surface area contributed by atoms with Gasteiger partial charge >= 0.3 is 0 Å². The minimum Gasteiger partial charge on any atom is -0.290 e. The Kier molecular flexibility index (Phi) is 6.14. The maximum atomic E-state index is 4.29. The average Bonchev–Trinajstić information content (AvgIpc) is 1.89. The Morgan fingerprint density at radius 2 is 2.20 bits per heavy atom. The van der Waals surface area contributed by atoms with E-state index in [4.69, 9.17) is 0 Å². The molecule has 58 valence electrons. The van der Waals surface area contributed by atoms with Crippen molar-refractivity contribution in [1.82, 2.24) is 0 Å². The molecule has 0 aliphatic rings. The second-order valence-corrected chi connectivity index (χ2v) is 2.46. The summed E-state index contributed by atoms with van der Waals surface area (Å²) in [7, 11) is 0. The molecule has 0 rings (SSSR count). The molecule has 0 aliphatic carbocycles. The fourth-order valence-electron chi connectivity index (χ4n) is 0.775. The van der Waals surface area contributed by atoms with Gasteiger partial charge in [-0.25, -0.2) is 0 Å². The zero-order chi connectivity index (χ0) is 7.82. The molecule has 0 aromatic rings. The van der Waals surface area contributed by atoms with E-state index in [0.717, 1.165) is 0 Å². The molecule has 0 aromatic heterocycles. The van der Waals surface area contributed by atoms with Gasteiger partial charge in [0.1, 0.15) is 0 Å². The van der Waals surface area contributed by atoms with E-state index in [-0.39, 0.29) is 0 Å². The second-order valence-electron chi connectivity index (χ2n) is 2.46. The van der Waals surface area contributed by atoms with Crippen molar-refractivity contribution >= 4 is 6.21 Å². The summed E-state index contributed by atoms with van der Waals surface area (Å²) in [5.41, 5.74) is 0. The molecule has 0 spiro atoms. The number of rotatable bonds is 4. The van der Waals surface area contributed by atoms with E-state index >= 15 is 0 Å². The third-order valence-electron chi connectivity index (χ3n) is 1.33. The zero-order valence-corrected chi connectivity index (χ0v) is 7.17. The van der Waals surface area contributed by atoms with Crippen molar-refractivity contribution in [2.24, 2.45) is 4.99 Å². The number of nitrogens with zero attached hydrogens (tertiary/aromatic N) is 1. The van der Waals surface area contributed by atoms with Gasteiger partial charge in [0.15, 0.2) is 0 Å². The van der Waals surface area contributed by atoms with Gasteiger partial charge in [-0.05, 0) is 26.3 Å². The van der Waals surface area contributed by atoms with Crippen molar-refractivity contribution in [3.8, 4) is 0 Å². The Labute approximate surface area is 63.9 Å². The van der Waals surface area contributed by atoms with Crippen molar-refractivity contribution in [3.63, 3.8) is 0 Å². The maximum absolute atomic E-state index is 4.29. The monoisotopic (exact) mass is 139 g/mol. The van der Waals surface area contributed by atoms with Crippen LogP contribution in [0.3, 0.4) is 0 Å². The molecule has 0 fully saturated rings. The molecule has 10 heavy (non-hydrogen) atoms. The number of aliphatic imine (C=N–C) groups is 1. The standard InChI is InChI=1S/C9H17N/c1-4-6-8-10-9(3)7-5-2/h4,6,8-9H,5,7H2,1-3H3/b6-4-,10-8-. The Morgan fingerprint density at radius 1 is 1.50 bits per heavy atom. The Balaban J connectivity index is 3.44. The summed E-state index contributed by atoms with van der Waals surface area (Å²) in [4.78, 5) is 4.29. The van der Waals surface area contributed by atoms with Gasteiger partial charge in [0.2, 0.25) is 0 Å². The van der Waals surface area contributed by atoms with Crippen LogP contribution in [0.15, 0.2) is 17.1 Å². The summed E-state index contributed by atoms with van der Waals surface area (Å²) in [6.07, 6.45) is 8.23. The largest absolute Gasteiger partial charge is 0.290 e. The van der Waals surface area contributed by atoms with E-state index in [2.05, 4.69) is 18.8 Å². The molecular formula is C9H17N. The number of hydrogen-bond donors (Lipinski definition) is 0. The SMILES string of the molecule is C/C=C\C=N/C(C)CCC. The summed E-state index contributed by atoms with van der Waals surface area (Å²) in [6.45, 7) is 6.32. The summed E-state index contributed by atoms with van der Waals surface area (Å²) >= 11 is 0. The number of hydrogen-bond acceptors (Lipinski definition) is 1. The maximum Gasteiger partial charge on any atom is 0.0471 e. The normalized spacial score (nSPS) is 15.1. The highest BCUT2D eigenvalue weighted by Gasteiger charge is 1.91. The second kappa shape index (κ2) is 6.53. The van der Waals surface area contributed by atoms with E-state index in [0.29, 0.717) is 6.04 Å². The lowest BCUT2D eigenvalue weighted by atomic mass is 10.2. The van der Waals surface area contributed by atoms with E-state index < -0.39 is 0 Å². The first-order chi connectivity index (χ1) is 4.81. The lowest BCUT2D eigenvalue weighted by molar-refractivity contribution is 0.657. The highest BCUT2D eigenvalue weighted by atomic mass is 14.7. The van der Waals surface area contributed by atoms with Crippen LogP contribution in [0.25, 0.3) is 0 Å². The van der Waals surface area contributed by atoms with Gasteiger partial charge in [-0.3, -0.25) is 4.99 Å². The smallest absolute Gasteiger partial charge is 0.0471 e. The molecule has 0 saturated heterocycles. The topological polar surface area (TPSA) is 12.4 Å². The first-order valence-corrected chi connectivity index (χ1v) is 3.95. The molecule has 0 radical (unpaired) electrons. The lowest BCUT2D eigenvalue weighted by Crippen LogP contribution is -1.95. The van der Waals surface area contributed by atoms with E-state index in [1.807, 2.05) is 25.3 Å². The van der Waals surface area contributed by atoms with Gasteiger partial charge in [-0.1, -0.05) is 19.4 Å². The van der Waals surface area contributed by atoms with Gasteiger partial charge in [0.05, 0.1) is 0 Å². The van der Waals surface area contributed by atoms with Crippen molar-refractivity contribution in [2.45, 2.75) is 39.7 Å². The van der Waals surface area contributed by atoms with Crippen molar-refractivity contribution in [1.29, 1.82) is 0 Å². The molecule has 0 saturated carbocycles. The predicted molar refractivity (Wildman–Crippen MR) is 47.7 cm³/mol. The van der Waals surface area contributed by atoms with E-state index in [9.17, 15) is 0 Å². The van der Waals surface area contributed by atoms with Crippen LogP contribution in [0.2, 0.25) is 0 Å². The highest BCUT2D eigenvalue weighted by Crippen LogP contribution is 1.98. The fourth-order valence-corrected chi connectivity index (χ4v) is 0.775. The molecule has 1 heteroatoms. The van der Waals surface area contributed by atoms with Crippen LogP contribution in [0, 0.1) is 0 Å². The molecule has 0 aliphatic heterocycles. The van der Waals surface area contributed by atoms with Crippen molar-refractivity contribution in [3.05, 3.63) is 12.2 Å². The molecule has 0 aromatic carbocycles. The van der Waals surface area contributed by atoms with Crippen LogP contribution >= 0.6 is 0 Å². The van der Waals surface area contributed by atoms with Crippen molar-refractivity contribution in [2.75, 3.05) is 0 Å². The van der Waals surface area contributed by atoms with Crippen LogP contribution in [0.4, 0.5) is 0 Å². The van der Waals surface area contributed by atoms with Crippen LogP contribution in [0.1, 0.15) is 33.6 Å². The minimum absolute atomic E-state index is 0.487. The van der Waals surface area contributed by atoms with Gasteiger partial charge in [-0.15, -0.1) is 0 Å². The third kappa shape index (κ3) is 5.54. The number of allylic oxidation sites excluding steroid dienone is 2. The van der Waals surface area contributed by atoms with E-state index in [1.165, 1.54) is 12.8 Å². The zero-order valence-electron chi connectivity index (χ0n) is 7.17. The lowest BCUT2D eigenvalue weighted by Gasteiger charge is -2.00. The summed E-state index contributed by atoms with van der Waals surface area (Å²) in [6, 6.07) is 0.487. The molecule has 0 N–H and O–H groups in total. The molecule has 1 nitrogen and oxygen atoms in total.